The largest absolute Gasteiger partial charge is 0.478 e. The van der Waals surface area contributed by atoms with Gasteiger partial charge in [-0.2, -0.15) is 0 Å². The van der Waals surface area contributed by atoms with E-state index in [9.17, 15) is 4.79 Å². The first-order valence-corrected chi connectivity index (χ1v) is 7.32. The van der Waals surface area contributed by atoms with Gasteiger partial charge in [-0.1, -0.05) is 37.2 Å². The topological polar surface area (TPSA) is 64.4 Å². The molecule has 0 spiro atoms. The molecule has 1 aromatic heterocycles. The van der Waals surface area contributed by atoms with Crippen LogP contribution in [0.15, 0.2) is 34.9 Å². The lowest BCUT2D eigenvalue weighted by Gasteiger charge is -2.26. The van der Waals surface area contributed by atoms with E-state index in [0.717, 1.165) is 5.56 Å². The quantitative estimate of drug-likeness (QED) is 0.909. The molecule has 118 valence electrons. The van der Waals surface area contributed by atoms with Crippen molar-refractivity contribution in [2.45, 2.75) is 46.1 Å². The second kappa shape index (κ2) is 6.22. The fraction of sp³-hybridized carbons (Fsp3) is 0.412. The van der Waals surface area contributed by atoms with Crippen LogP contribution in [0.1, 0.15) is 44.9 Å². The highest BCUT2D eigenvalue weighted by molar-refractivity contribution is 5.96. The van der Waals surface area contributed by atoms with Crippen molar-refractivity contribution in [3.63, 3.8) is 0 Å². The number of anilines is 1. The van der Waals surface area contributed by atoms with Gasteiger partial charge in [0.2, 0.25) is 0 Å². The number of para-hydroxylation sites is 1. The summed E-state index contributed by atoms with van der Waals surface area (Å²) < 4.78 is 10.9. The molecule has 1 N–H and O–H groups in total. The Labute approximate surface area is 130 Å². The number of hydrogen-bond acceptors (Lipinski definition) is 4. The molecule has 0 radical (unpaired) electrons. The highest BCUT2D eigenvalue weighted by Gasteiger charge is 2.31. The molecule has 0 fully saturated rings. The molecule has 5 nitrogen and oxygen atoms in total. The van der Waals surface area contributed by atoms with Crippen molar-refractivity contribution < 1.29 is 14.1 Å². The van der Waals surface area contributed by atoms with Crippen LogP contribution in [0.2, 0.25) is 0 Å². The minimum absolute atomic E-state index is 0.278. The van der Waals surface area contributed by atoms with Crippen molar-refractivity contribution in [3.05, 3.63) is 41.7 Å². The molecule has 5 heteroatoms. The van der Waals surface area contributed by atoms with E-state index >= 15 is 0 Å². The molecule has 1 heterocycles. The number of rotatable bonds is 5. The Morgan fingerprint density at radius 2 is 2.00 bits per heavy atom. The molecule has 0 saturated carbocycles. The first-order chi connectivity index (χ1) is 10.3. The molecule has 0 unspecified atom stereocenters. The molecule has 1 aromatic carbocycles. The third-order valence-electron chi connectivity index (χ3n) is 3.32. The Morgan fingerprint density at radius 1 is 1.32 bits per heavy atom. The summed E-state index contributed by atoms with van der Waals surface area (Å²) in [6.45, 7) is 9.41. The van der Waals surface area contributed by atoms with Gasteiger partial charge in [0.25, 0.3) is 5.91 Å². The van der Waals surface area contributed by atoms with E-state index < -0.39 is 5.60 Å². The fourth-order valence-electron chi connectivity index (χ4n) is 2.06. The predicted octanol–water partition coefficient (Wildman–Crippen LogP) is 3.90. The third-order valence-corrected chi connectivity index (χ3v) is 3.32. The number of nitrogens with one attached hydrogen (secondary N) is 1. The minimum Gasteiger partial charge on any atom is -0.478 e. The van der Waals surface area contributed by atoms with Crippen LogP contribution in [-0.4, -0.2) is 16.7 Å². The van der Waals surface area contributed by atoms with E-state index in [1.54, 1.807) is 26.8 Å². The molecule has 0 aliphatic rings. The van der Waals surface area contributed by atoms with Crippen LogP contribution in [-0.2, 0) is 4.79 Å². The highest BCUT2D eigenvalue weighted by Crippen LogP contribution is 2.29. The van der Waals surface area contributed by atoms with Crippen LogP contribution in [0.3, 0.4) is 0 Å². The summed E-state index contributed by atoms with van der Waals surface area (Å²) in [4.78, 5) is 12.4. The number of carbonyl (C=O) groups excluding carboxylic acids is 1. The van der Waals surface area contributed by atoms with Crippen LogP contribution in [0, 0.1) is 6.92 Å². The SMILES string of the molecule is Cc1cc(NC(=O)C(C)(C)Oc2ccccc2C(C)C)no1. The Morgan fingerprint density at radius 3 is 2.59 bits per heavy atom. The van der Waals surface area contributed by atoms with E-state index in [1.807, 2.05) is 24.3 Å². The molecule has 22 heavy (non-hydrogen) atoms. The Bertz CT molecular complexity index is 659. The van der Waals surface area contributed by atoms with E-state index in [2.05, 4.69) is 24.3 Å². The minimum atomic E-state index is -1.03. The number of amides is 1. The lowest BCUT2D eigenvalue weighted by atomic mass is 10.0. The smallest absolute Gasteiger partial charge is 0.269 e. The number of aromatic nitrogens is 1. The Kier molecular flexibility index (Phi) is 4.54. The zero-order valence-corrected chi connectivity index (χ0v) is 13.6. The van der Waals surface area contributed by atoms with E-state index in [0.29, 0.717) is 23.2 Å². The van der Waals surface area contributed by atoms with Crippen LogP contribution >= 0.6 is 0 Å². The average Bonchev–Trinajstić information content (AvgIpc) is 2.84. The Hall–Kier alpha value is -2.30. The van der Waals surface area contributed by atoms with Gasteiger partial charge in [0.05, 0.1) is 0 Å². The molecule has 0 saturated heterocycles. The van der Waals surface area contributed by atoms with E-state index in [4.69, 9.17) is 9.26 Å². The second-order valence-corrected chi connectivity index (χ2v) is 6.08. The van der Waals surface area contributed by atoms with E-state index in [-0.39, 0.29) is 5.91 Å². The zero-order chi connectivity index (χ0) is 16.3. The number of aryl methyl sites for hydroxylation is 1. The lowest BCUT2D eigenvalue weighted by Crippen LogP contribution is -2.42. The molecule has 2 rings (SSSR count). The number of hydrogen-bond donors (Lipinski definition) is 1. The van der Waals surface area contributed by atoms with Crippen LogP contribution in [0.5, 0.6) is 5.75 Å². The normalized spacial score (nSPS) is 11.5. The number of nitrogens with zero attached hydrogens (tertiary/aromatic N) is 1. The molecule has 1 amide bonds. The first kappa shape index (κ1) is 16.1. The molecular formula is C17H22N2O3. The van der Waals surface area contributed by atoms with Gasteiger partial charge in [0, 0.05) is 6.07 Å². The average molecular weight is 302 g/mol. The van der Waals surface area contributed by atoms with Gasteiger partial charge in [-0.05, 0) is 38.3 Å². The summed E-state index contributed by atoms with van der Waals surface area (Å²) >= 11 is 0. The molecule has 0 bridgehead atoms. The monoisotopic (exact) mass is 302 g/mol. The summed E-state index contributed by atoms with van der Waals surface area (Å²) in [7, 11) is 0. The number of benzene rings is 1. The first-order valence-electron chi connectivity index (χ1n) is 7.32. The van der Waals surface area contributed by atoms with E-state index in [1.165, 1.54) is 0 Å². The summed E-state index contributed by atoms with van der Waals surface area (Å²) in [6.07, 6.45) is 0. The number of ether oxygens (including phenoxy) is 1. The van der Waals surface area contributed by atoms with Crippen molar-refractivity contribution in [2.75, 3.05) is 5.32 Å². The van der Waals surface area contributed by atoms with Crippen molar-refractivity contribution >= 4 is 11.7 Å². The van der Waals surface area contributed by atoms with Gasteiger partial charge >= 0.3 is 0 Å². The zero-order valence-electron chi connectivity index (χ0n) is 13.6. The second-order valence-electron chi connectivity index (χ2n) is 6.08. The summed E-state index contributed by atoms with van der Waals surface area (Å²) in [6, 6.07) is 9.42. The fourth-order valence-corrected chi connectivity index (χ4v) is 2.06. The van der Waals surface area contributed by atoms with Crippen molar-refractivity contribution in [3.8, 4) is 5.75 Å². The van der Waals surface area contributed by atoms with Gasteiger partial charge < -0.3 is 14.6 Å². The lowest BCUT2D eigenvalue weighted by molar-refractivity contribution is -0.128. The maximum absolute atomic E-state index is 12.4. The summed E-state index contributed by atoms with van der Waals surface area (Å²) in [5.74, 6) is 1.78. The highest BCUT2D eigenvalue weighted by atomic mass is 16.5. The Balaban J connectivity index is 2.15. The maximum atomic E-state index is 12.4. The third kappa shape index (κ3) is 3.67. The summed E-state index contributed by atoms with van der Waals surface area (Å²) in [5.41, 5.74) is 0.0401. The van der Waals surface area contributed by atoms with Crippen molar-refractivity contribution in [1.29, 1.82) is 0 Å². The molecular weight excluding hydrogens is 280 g/mol. The van der Waals surface area contributed by atoms with Gasteiger partial charge in [0.1, 0.15) is 11.5 Å². The van der Waals surface area contributed by atoms with Gasteiger partial charge in [-0.3, -0.25) is 4.79 Å². The van der Waals surface area contributed by atoms with Gasteiger partial charge in [-0.25, -0.2) is 0 Å². The van der Waals surface area contributed by atoms with Gasteiger partial charge in [-0.15, -0.1) is 0 Å². The van der Waals surface area contributed by atoms with Crippen LogP contribution in [0.4, 0.5) is 5.82 Å². The number of carbonyl (C=O) groups is 1. The maximum Gasteiger partial charge on any atom is 0.269 e. The van der Waals surface area contributed by atoms with Crippen molar-refractivity contribution in [2.24, 2.45) is 0 Å². The van der Waals surface area contributed by atoms with Crippen LogP contribution < -0.4 is 10.1 Å². The standard InChI is InChI=1S/C17H22N2O3/c1-11(2)13-8-6-7-9-14(13)21-17(4,5)16(20)18-15-10-12(3)22-19-15/h6-11H,1-5H3,(H,18,19,20). The van der Waals surface area contributed by atoms with Crippen molar-refractivity contribution in [1.82, 2.24) is 5.16 Å². The predicted molar refractivity (Wildman–Crippen MR) is 85.1 cm³/mol. The molecule has 2 aromatic rings. The summed E-state index contributed by atoms with van der Waals surface area (Å²) in [5, 5.41) is 6.46. The molecule has 0 aliphatic heterocycles. The van der Waals surface area contributed by atoms with Gasteiger partial charge in [0.15, 0.2) is 11.4 Å². The molecule has 0 aliphatic carbocycles. The molecule has 0 atom stereocenters. The van der Waals surface area contributed by atoms with Crippen LogP contribution in [0.25, 0.3) is 0 Å².